The molecule has 0 fully saturated rings. The van der Waals surface area contributed by atoms with Crippen LogP contribution in [0.4, 0.5) is 5.95 Å². The van der Waals surface area contributed by atoms with Crippen molar-refractivity contribution in [2.45, 2.75) is 13.5 Å². The van der Waals surface area contributed by atoms with Crippen molar-refractivity contribution in [3.63, 3.8) is 0 Å². The van der Waals surface area contributed by atoms with Gasteiger partial charge in [0, 0.05) is 4.88 Å². The summed E-state index contributed by atoms with van der Waals surface area (Å²) in [7, 11) is 0. The summed E-state index contributed by atoms with van der Waals surface area (Å²) >= 11 is 1.70. The van der Waals surface area contributed by atoms with Crippen LogP contribution < -0.4 is 5.32 Å². The highest BCUT2D eigenvalue weighted by atomic mass is 32.1. The van der Waals surface area contributed by atoms with E-state index >= 15 is 0 Å². The molecular formula is C15H15N3O2S. The lowest BCUT2D eigenvalue weighted by atomic mass is 10.2. The normalized spacial score (nSPS) is 10.7. The molecule has 2 heterocycles. The monoisotopic (exact) mass is 301 g/mol. The number of H-pyrrole nitrogens is 1. The van der Waals surface area contributed by atoms with Crippen LogP contribution in [0, 0.1) is 0 Å². The van der Waals surface area contributed by atoms with Gasteiger partial charge < -0.3 is 15.0 Å². The summed E-state index contributed by atoms with van der Waals surface area (Å²) in [6, 6.07) is 9.39. The van der Waals surface area contributed by atoms with Crippen molar-refractivity contribution in [2.75, 3.05) is 11.9 Å². The van der Waals surface area contributed by atoms with Gasteiger partial charge in [0.1, 0.15) is 0 Å². The van der Waals surface area contributed by atoms with E-state index in [0.717, 1.165) is 17.6 Å². The van der Waals surface area contributed by atoms with Crippen molar-refractivity contribution in [2.24, 2.45) is 0 Å². The first-order valence-electron chi connectivity index (χ1n) is 6.69. The zero-order chi connectivity index (χ0) is 14.7. The molecule has 3 rings (SSSR count). The van der Waals surface area contributed by atoms with Gasteiger partial charge in [0.05, 0.1) is 29.7 Å². The smallest absolute Gasteiger partial charge is 0.338 e. The number of hydrogen-bond acceptors (Lipinski definition) is 5. The zero-order valence-corrected chi connectivity index (χ0v) is 12.4. The van der Waals surface area contributed by atoms with Gasteiger partial charge in [-0.25, -0.2) is 9.78 Å². The maximum Gasteiger partial charge on any atom is 0.338 e. The second-order valence-corrected chi connectivity index (χ2v) is 5.50. The van der Waals surface area contributed by atoms with Gasteiger partial charge in [0.25, 0.3) is 0 Å². The average Bonchev–Trinajstić information content (AvgIpc) is 3.13. The van der Waals surface area contributed by atoms with Crippen LogP contribution in [0.3, 0.4) is 0 Å². The molecule has 0 unspecified atom stereocenters. The minimum atomic E-state index is -0.318. The van der Waals surface area contributed by atoms with E-state index in [1.165, 1.54) is 4.88 Å². The SMILES string of the molecule is CCOC(=O)c1ccc2nc(NCc3cccs3)[nH]c2c1. The molecular weight excluding hydrogens is 286 g/mol. The molecule has 0 spiro atoms. The summed E-state index contributed by atoms with van der Waals surface area (Å²) in [5.41, 5.74) is 2.16. The van der Waals surface area contributed by atoms with E-state index in [-0.39, 0.29) is 5.97 Å². The lowest BCUT2D eigenvalue weighted by molar-refractivity contribution is 0.0526. The van der Waals surface area contributed by atoms with Crippen LogP contribution in [-0.2, 0) is 11.3 Å². The van der Waals surface area contributed by atoms with Gasteiger partial charge in [-0.15, -0.1) is 11.3 Å². The minimum Gasteiger partial charge on any atom is -0.462 e. The number of thiophene rings is 1. The van der Waals surface area contributed by atoms with Crippen molar-refractivity contribution < 1.29 is 9.53 Å². The Morgan fingerprint density at radius 1 is 1.43 bits per heavy atom. The van der Waals surface area contributed by atoms with E-state index < -0.39 is 0 Å². The number of benzene rings is 1. The van der Waals surface area contributed by atoms with E-state index in [0.29, 0.717) is 18.1 Å². The first-order valence-corrected chi connectivity index (χ1v) is 7.57. The Labute approximate surface area is 126 Å². The first-order chi connectivity index (χ1) is 10.3. The topological polar surface area (TPSA) is 67.0 Å². The number of anilines is 1. The second kappa shape index (κ2) is 5.97. The Bertz CT molecular complexity index is 749. The third-order valence-electron chi connectivity index (χ3n) is 3.00. The van der Waals surface area contributed by atoms with Crippen molar-refractivity contribution in [3.05, 3.63) is 46.2 Å². The van der Waals surface area contributed by atoms with Crippen LogP contribution in [0.5, 0.6) is 0 Å². The van der Waals surface area contributed by atoms with E-state index in [9.17, 15) is 4.79 Å². The number of nitrogens with zero attached hydrogens (tertiary/aromatic N) is 1. The van der Waals surface area contributed by atoms with Crippen LogP contribution in [0.15, 0.2) is 35.7 Å². The molecule has 2 aromatic heterocycles. The fourth-order valence-electron chi connectivity index (χ4n) is 2.02. The van der Waals surface area contributed by atoms with Crippen LogP contribution in [-0.4, -0.2) is 22.5 Å². The van der Waals surface area contributed by atoms with Gasteiger partial charge in [-0.2, -0.15) is 0 Å². The molecule has 0 saturated carbocycles. The molecule has 5 nitrogen and oxygen atoms in total. The molecule has 108 valence electrons. The number of ether oxygens (including phenoxy) is 1. The molecule has 0 radical (unpaired) electrons. The van der Waals surface area contributed by atoms with Crippen molar-refractivity contribution >= 4 is 34.3 Å². The minimum absolute atomic E-state index is 0.318. The van der Waals surface area contributed by atoms with Crippen LogP contribution >= 0.6 is 11.3 Å². The summed E-state index contributed by atoms with van der Waals surface area (Å²) < 4.78 is 4.99. The number of esters is 1. The number of carbonyl (C=O) groups excluding carboxylic acids is 1. The summed E-state index contributed by atoms with van der Waals surface area (Å²) in [5.74, 6) is 0.376. The number of nitrogens with one attached hydrogen (secondary N) is 2. The molecule has 0 aliphatic rings. The molecule has 0 bridgehead atoms. The van der Waals surface area contributed by atoms with Crippen LogP contribution in [0.1, 0.15) is 22.2 Å². The quantitative estimate of drug-likeness (QED) is 0.709. The maximum atomic E-state index is 11.7. The number of fused-ring (bicyclic) bond motifs is 1. The predicted molar refractivity (Wildman–Crippen MR) is 83.7 cm³/mol. The fourth-order valence-corrected chi connectivity index (χ4v) is 2.66. The highest BCUT2D eigenvalue weighted by molar-refractivity contribution is 7.09. The van der Waals surface area contributed by atoms with Gasteiger partial charge in [0.2, 0.25) is 5.95 Å². The Kier molecular flexibility index (Phi) is 3.87. The number of rotatable bonds is 5. The fraction of sp³-hybridized carbons (Fsp3) is 0.200. The molecule has 21 heavy (non-hydrogen) atoms. The van der Waals surface area contributed by atoms with E-state index in [4.69, 9.17) is 4.74 Å². The van der Waals surface area contributed by atoms with Crippen molar-refractivity contribution in [3.8, 4) is 0 Å². The lowest BCUT2D eigenvalue weighted by Crippen LogP contribution is -2.04. The summed E-state index contributed by atoms with van der Waals surface area (Å²) in [6.45, 7) is 2.88. The highest BCUT2D eigenvalue weighted by Gasteiger charge is 2.09. The number of aromatic amines is 1. The molecule has 0 aliphatic carbocycles. The third kappa shape index (κ3) is 3.05. The van der Waals surface area contributed by atoms with E-state index in [1.54, 1.807) is 30.4 Å². The van der Waals surface area contributed by atoms with Gasteiger partial charge >= 0.3 is 5.97 Å². The zero-order valence-electron chi connectivity index (χ0n) is 11.6. The second-order valence-electron chi connectivity index (χ2n) is 4.47. The highest BCUT2D eigenvalue weighted by Crippen LogP contribution is 2.18. The van der Waals surface area contributed by atoms with Gasteiger partial charge in [-0.05, 0) is 36.6 Å². The molecule has 0 saturated heterocycles. The third-order valence-corrected chi connectivity index (χ3v) is 3.88. The van der Waals surface area contributed by atoms with Gasteiger partial charge in [0.15, 0.2) is 0 Å². The molecule has 2 N–H and O–H groups in total. The molecule has 0 aliphatic heterocycles. The molecule has 3 aromatic rings. The summed E-state index contributed by atoms with van der Waals surface area (Å²) in [4.78, 5) is 20.6. The van der Waals surface area contributed by atoms with Crippen LogP contribution in [0.25, 0.3) is 11.0 Å². The Morgan fingerprint density at radius 2 is 2.33 bits per heavy atom. The number of hydrogen-bond donors (Lipinski definition) is 2. The maximum absolute atomic E-state index is 11.7. The molecule has 6 heteroatoms. The molecule has 0 amide bonds. The predicted octanol–water partition coefficient (Wildman–Crippen LogP) is 3.41. The number of aromatic nitrogens is 2. The van der Waals surface area contributed by atoms with E-state index in [2.05, 4.69) is 21.4 Å². The van der Waals surface area contributed by atoms with Gasteiger partial charge in [-0.1, -0.05) is 6.07 Å². The number of imidazole rings is 1. The molecule has 0 atom stereocenters. The first kappa shape index (κ1) is 13.6. The van der Waals surface area contributed by atoms with Gasteiger partial charge in [-0.3, -0.25) is 0 Å². The summed E-state index contributed by atoms with van der Waals surface area (Å²) in [5, 5.41) is 5.28. The van der Waals surface area contributed by atoms with Crippen LogP contribution in [0.2, 0.25) is 0 Å². The Balaban J connectivity index is 1.78. The average molecular weight is 301 g/mol. The standard InChI is InChI=1S/C15H15N3O2S/c1-2-20-14(19)10-5-6-12-13(8-10)18-15(17-12)16-9-11-4-3-7-21-11/h3-8H,2,9H2,1H3,(H2,16,17,18). The van der Waals surface area contributed by atoms with Crippen molar-refractivity contribution in [1.82, 2.24) is 9.97 Å². The Morgan fingerprint density at radius 3 is 3.10 bits per heavy atom. The number of carbonyl (C=O) groups is 1. The van der Waals surface area contributed by atoms with E-state index in [1.807, 2.05) is 17.5 Å². The summed E-state index contributed by atoms with van der Waals surface area (Å²) in [6.07, 6.45) is 0. The largest absolute Gasteiger partial charge is 0.462 e. The van der Waals surface area contributed by atoms with Crippen molar-refractivity contribution in [1.29, 1.82) is 0 Å². The lowest BCUT2D eigenvalue weighted by Gasteiger charge is -2.00. The Hall–Kier alpha value is -2.34. The molecule has 1 aromatic carbocycles.